The van der Waals surface area contributed by atoms with Gasteiger partial charge in [0.1, 0.15) is 24.0 Å². The van der Waals surface area contributed by atoms with Crippen LogP contribution in [0.4, 0.5) is 14.7 Å². The van der Waals surface area contributed by atoms with E-state index in [1.54, 1.807) is 4.57 Å². The van der Waals surface area contributed by atoms with Gasteiger partial charge >= 0.3 is 0 Å². The van der Waals surface area contributed by atoms with E-state index in [0.717, 1.165) is 17.3 Å². The van der Waals surface area contributed by atoms with Crippen molar-refractivity contribution in [2.45, 2.75) is 0 Å². The zero-order valence-electron chi connectivity index (χ0n) is 14.8. The molecule has 0 saturated carbocycles. The van der Waals surface area contributed by atoms with E-state index >= 15 is 0 Å². The molecule has 0 atom stereocenters. The van der Waals surface area contributed by atoms with Crippen molar-refractivity contribution in [3.63, 3.8) is 0 Å². The summed E-state index contributed by atoms with van der Waals surface area (Å²) in [6, 6.07) is 20.4. The van der Waals surface area contributed by atoms with Crippen molar-refractivity contribution in [2.24, 2.45) is 0 Å². The van der Waals surface area contributed by atoms with E-state index in [2.05, 4.69) is 10.3 Å². The number of aromatic nitrogens is 2. The maximum absolute atomic E-state index is 14.4. The van der Waals surface area contributed by atoms with Gasteiger partial charge in [-0.2, -0.15) is 0 Å². The summed E-state index contributed by atoms with van der Waals surface area (Å²) in [4.78, 5) is 4.53. The molecule has 0 amide bonds. The molecule has 0 fully saturated rings. The van der Waals surface area contributed by atoms with E-state index in [4.69, 9.17) is 4.74 Å². The van der Waals surface area contributed by atoms with E-state index in [9.17, 15) is 8.78 Å². The summed E-state index contributed by atoms with van der Waals surface area (Å²) < 4.78 is 35.0. The minimum atomic E-state index is -0.651. The lowest BCUT2D eigenvalue weighted by Gasteiger charge is -2.12. The Hall–Kier alpha value is -3.12. The van der Waals surface area contributed by atoms with Gasteiger partial charge in [0.05, 0.1) is 23.3 Å². The number of halogens is 3. The average Bonchev–Trinajstić information content (AvgIpc) is 3.04. The smallest absolute Gasteiger partial charge is 0.208 e. The molecule has 144 valence electrons. The Morgan fingerprint density at radius 3 is 2.46 bits per heavy atom. The van der Waals surface area contributed by atoms with E-state index in [0.29, 0.717) is 24.6 Å². The monoisotopic (exact) mass is 401 g/mol. The number of rotatable bonds is 6. The van der Waals surface area contributed by atoms with Gasteiger partial charge in [-0.25, -0.2) is 13.8 Å². The van der Waals surface area contributed by atoms with Crippen LogP contribution in [-0.4, -0.2) is 22.7 Å². The molecule has 0 unspecified atom stereocenters. The summed E-state index contributed by atoms with van der Waals surface area (Å²) in [5, 5.41) is 3.18. The minimum absolute atomic E-state index is 0. The minimum Gasteiger partial charge on any atom is -0.492 e. The zero-order valence-corrected chi connectivity index (χ0v) is 15.6. The molecular formula is C21H18ClF2N3O. The lowest BCUT2D eigenvalue weighted by Crippen LogP contribution is -2.15. The van der Waals surface area contributed by atoms with Gasteiger partial charge in [-0.1, -0.05) is 30.3 Å². The summed E-state index contributed by atoms with van der Waals surface area (Å²) in [7, 11) is 0. The highest BCUT2D eigenvalue weighted by molar-refractivity contribution is 5.85. The first-order valence-corrected chi connectivity index (χ1v) is 8.57. The van der Waals surface area contributed by atoms with Gasteiger partial charge in [-0.15, -0.1) is 12.4 Å². The number of hydrogen-bond acceptors (Lipinski definition) is 3. The Bertz CT molecular complexity index is 1070. The van der Waals surface area contributed by atoms with E-state index in [-0.39, 0.29) is 18.1 Å². The number of benzene rings is 3. The molecule has 1 N–H and O–H groups in total. The van der Waals surface area contributed by atoms with Crippen LogP contribution in [0.3, 0.4) is 0 Å². The molecule has 0 spiro atoms. The normalized spacial score (nSPS) is 10.5. The highest BCUT2D eigenvalue weighted by atomic mass is 35.5. The Labute approximate surface area is 167 Å². The Balaban J connectivity index is 0.00000225. The maximum Gasteiger partial charge on any atom is 0.208 e. The van der Waals surface area contributed by atoms with Gasteiger partial charge in [0, 0.05) is 6.07 Å². The number of fused-ring (bicyclic) bond motifs is 1. The molecule has 0 bridgehead atoms. The summed E-state index contributed by atoms with van der Waals surface area (Å²) in [5.41, 5.74) is 1.68. The van der Waals surface area contributed by atoms with Crippen molar-refractivity contribution < 1.29 is 13.5 Å². The summed E-state index contributed by atoms with van der Waals surface area (Å²) in [6.07, 6.45) is 0. The lowest BCUT2D eigenvalue weighted by atomic mass is 10.2. The predicted molar refractivity (Wildman–Crippen MR) is 109 cm³/mol. The summed E-state index contributed by atoms with van der Waals surface area (Å²) in [5.74, 6) is -0.0241. The fourth-order valence-corrected chi connectivity index (χ4v) is 2.90. The summed E-state index contributed by atoms with van der Waals surface area (Å²) >= 11 is 0. The molecule has 7 heteroatoms. The number of imidazole rings is 1. The Morgan fingerprint density at radius 2 is 1.68 bits per heavy atom. The second-order valence-corrected chi connectivity index (χ2v) is 5.94. The highest BCUT2D eigenvalue weighted by Crippen LogP contribution is 2.26. The van der Waals surface area contributed by atoms with Crippen molar-refractivity contribution in [1.82, 2.24) is 9.55 Å². The molecular weight excluding hydrogens is 384 g/mol. The number of nitrogens with one attached hydrogen (secondary N) is 1. The SMILES string of the molecule is Cl.Fc1ccc(-n2c(NCCOc3ccccc3)nc3ccccc32)c(F)c1. The van der Waals surface area contributed by atoms with Gasteiger partial charge in [-0.05, 0) is 36.4 Å². The zero-order chi connectivity index (χ0) is 18.6. The first-order chi connectivity index (χ1) is 13.2. The first kappa shape index (κ1) is 19.6. The molecule has 3 aromatic carbocycles. The lowest BCUT2D eigenvalue weighted by molar-refractivity contribution is 0.332. The van der Waals surface area contributed by atoms with Crippen LogP contribution in [0.25, 0.3) is 16.7 Å². The average molecular weight is 402 g/mol. The molecule has 4 aromatic rings. The van der Waals surface area contributed by atoms with Crippen molar-refractivity contribution in [3.8, 4) is 11.4 Å². The van der Waals surface area contributed by atoms with Crippen LogP contribution >= 0.6 is 12.4 Å². The molecule has 28 heavy (non-hydrogen) atoms. The Kier molecular flexibility index (Phi) is 6.11. The molecule has 4 rings (SSSR count). The standard InChI is InChI=1S/C21H17F2N3O.ClH/c22-15-10-11-19(17(23)14-15)26-20-9-5-4-8-18(20)25-21(26)24-12-13-27-16-6-2-1-3-7-16;/h1-11,14H,12-13H2,(H,24,25);1H. The van der Waals surface area contributed by atoms with Crippen LogP contribution in [0.2, 0.25) is 0 Å². The largest absolute Gasteiger partial charge is 0.492 e. The number of ether oxygens (including phenoxy) is 1. The topological polar surface area (TPSA) is 39.1 Å². The van der Waals surface area contributed by atoms with Crippen molar-refractivity contribution in [3.05, 3.63) is 84.4 Å². The van der Waals surface area contributed by atoms with Crippen molar-refractivity contribution >= 4 is 29.4 Å². The first-order valence-electron chi connectivity index (χ1n) is 8.57. The third-order valence-electron chi connectivity index (χ3n) is 4.11. The fourth-order valence-electron chi connectivity index (χ4n) is 2.90. The summed E-state index contributed by atoms with van der Waals surface area (Å²) in [6.45, 7) is 0.889. The molecule has 1 heterocycles. The quantitative estimate of drug-likeness (QED) is 0.450. The van der Waals surface area contributed by atoms with Gasteiger partial charge in [0.25, 0.3) is 0 Å². The van der Waals surface area contributed by atoms with Gasteiger partial charge in [-0.3, -0.25) is 4.57 Å². The van der Waals surface area contributed by atoms with Crippen LogP contribution in [0.5, 0.6) is 5.75 Å². The third kappa shape index (κ3) is 4.07. The van der Waals surface area contributed by atoms with Crippen LogP contribution in [0.1, 0.15) is 0 Å². The van der Waals surface area contributed by atoms with Gasteiger partial charge in [0.2, 0.25) is 5.95 Å². The van der Waals surface area contributed by atoms with E-state index in [1.165, 1.54) is 12.1 Å². The number of hydrogen-bond donors (Lipinski definition) is 1. The van der Waals surface area contributed by atoms with Gasteiger partial charge in [0.15, 0.2) is 0 Å². The van der Waals surface area contributed by atoms with Crippen molar-refractivity contribution in [2.75, 3.05) is 18.5 Å². The predicted octanol–water partition coefficient (Wildman–Crippen LogP) is 5.22. The number of para-hydroxylation sites is 3. The number of anilines is 1. The second-order valence-electron chi connectivity index (χ2n) is 5.94. The van der Waals surface area contributed by atoms with Crippen LogP contribution < -0.4 is 10.1 Å². The molecule has 0 aliphatic rings. The molecule has 4 nitrogen and oxygen atoms in total. The molecule has 0 aliphatic carbocycles. The molecule has 0 radical (unpaired) electrons. The number of nitrogens with zero attached hydrogens (tertiary/aromatic N) is 2. The van der Waals surface area contributed by atoms with Crippen LogP contribution in [0.15, 0.2) is 72.8 Å². The molecule has 0 saturated heterocycles. The third-order valence-corrected chi connectivity index (χ3v) is 4.11. The van der Waals surface area contributed by atoms with E-state index < -0.39 is 11.6 Å². The van der Waals surface area contributed by atoms with Gasteiger partial charge < -0.3 is 10.1 Å². The van der Waals surface area contributed by atoms with E-state index in [1.807, 2.05) is 54.6 Å². The van der Waals surface area contributed by atoms with Crippen LogP contribution in [0, 0.1) is 11.6 Å². The molecule has 0 aliphatic heterocycles. The molecule has 1 aromatic heterocycles. The highest BCUT2D eigenvalue weighted by Gasteiger charge is 2.15. The fraction of sp³-hybridized carbons (Fsp3) is 0.0952. The van der Waals surface area contributed by atoms with Crippen LogP contribution in [-0.2, 0) is 0 Å². The Morgan fingerprint density at radius 1 is 0.929 bits per heavy atom. The van der Waals surface area contributed by atoms with Crippen molar-refractivity contribution in [1.29, 1.82) is 0 Å². The second kappa shape index (κ2) is 8.71. The maximum atomic E-state index is 14.4.